The lowest BCUT2D eigenvalue weighted by atomic mass is 9.69. The van der Waals surface area contributed by atoms with Crippen LogP contribution in [-0.2, 0) is 14.9 Å². The van der Waals surface area contributed by atoms with Crippen LogP contribution in [0.5, 0.6) is 0 Å². The minimum Gasteiger partial charge on any atom is -0.481 e. The fourth-order valence-electron chi connectivity index (χ4n) is 2.48. The number of aromatic nitrogens is 1. The first kappa shape index (κ1) is 12.0. The highest BCUT2D eigenvalue weighted by atomic mass is 16.5. The van der Waals surface area contributed by atoms with E-state index in [9.17, 15) is 14.7 Å². The molecule has 1 fully saturated rings. The molecule has 6 nitrogen and oxygen atoms in total. The summed E-state index contributed by atoms with van der Waals surface area (Å²) in [6, 6.07) is 5.26. The monoisotopic (exact) mass is 263 g/mol. The molecule has 1 saturated heterocycles. The van der Waals surface area contributed by atoms with Gasteiger partial charge in [0.2, 0.25) is 0 Å². The Labute approximate surface area is 108 Å². The minimum atomic E-state index is -0.862. The van der Waals surface area contributed by atoms with Gasteiger partial charge in [-0.05, 0) is 17.7 Å². The molecule has 0 saturated carbocycles. The second-order valence-electron chi connectivity index (χ2n) is 4.93. The Kier molecular flexibility index (Phi) is 2.50. The van der Waals surface area contributed by atoms with Crippen LogP contribution in [0.3, 0.4) is 0 Å². The summed E-state index contributed by atoms with van der Waals surface area (Å²) in [7, 11) is 0. The number of carboxylic acid groups (broad SMARTS) is 1. The first-order chi connectivity index (χ1) is 9.03. The molecule has 2 N–H and O–H groups in total. The Morgan fingerprint density at radius 2 is 2.21 bits per heavy atom. The highest BCUT2D eigenvalue weighted by molar-refractivity contribution is 5.76. The lowest BCUT2D eigenvalue weighted by Crippen LogP contribution is -2.53. The molecule has 2 aromatic rings. The van der Waals surface area contributed by atoms with Crippen molar-refractivity contribution >= 4 is 17.1 Å². The zero-order chi connectivity index (χ0) is 13.6. The SMILES string of the molecule is CC(C(=O)O)C1(c2ccc3[nH]c(=O)oc3c2)COC1. The van der Waals surface area contributed by atoms with Gasteiger partial charge in [-0.2, -0.15) is 0 Å². The van der Waals surface area contributed by atoms with Crippen LogP contribution >= 0.6 is 0 Å². The number of aliphatic carboxylic acids is 1. The molecule has 1 unspecified atom stereocenters. The smallest absolute Gasteiger partial charge is 0.417 e. The summed E-state index contributed by atoms with van der Waals surface area (Å²) in [5.41, 5.74) is 1.32. The molecular weight excluding hydrogens is 250 g/mol. The number of rotatable bonds is 3. The van der Waals surface area contributed by atoms with E-state index < -0.39 is 23.1 Å². The van der Waals surface area contributed by atoms with E-state index in [1.54, 1.807) is 19.1 Å². The molecule has 100 valence electrons. The van der Waals surface area contributed by atoms with Gasteiger partial charge < -0.3 is 14.3 Å². The number of nitrogens with one attached hydrogen (secondary N) is 1. The zero-order valence-electron chi connectivity index (χ0n) is 10.3. The third-order valence-electron chi connectivity index (χ3n) is 3.91. The van der Waals surface area contributed by atoms with E-state index in [-0.39, 0.29) is 0 Å². The Morgan fingerprint density at radius 1 is 1.47 bits per heavy atom. The number of carbonyl (C=O) groups is 1. The molecule has 1 aliphatic rings. The molecule has 1 aliphatic heterocycles. The summed E-state index contributed by atoms with van der Waals surface area (Å²) >= 11 is 0. The molecule has 6 heteroatoms. The van der Waals surface area contributed by atoms with Crippen molar-refractivity contribution in [2.75, 3.05) is 13.2 Å². The first-order valence-corrected chi connectivity index (χ1v) is 5.97. The average Bonchev–Trinajstić information content (AvgIpc) is 2.66. The van der Waals surface area contributed by atoms with Gasteiger partial charge in [-0.3, -0.25) is 9.78 Å². The van der Waals surface area contributed by atoms with E-state index in [1.807, 2.05) is 6.07 Å². The van der Waals surface area contributed by atoms with Crippen LogP contribution in [0.2, 0.25) is 0 Å². The Morgan fingerprint density at radius 3 is 2.79 bits per heavy atom. The first-order valence-electron chi connectivity index (χ1n) is 5.97. The van der Waals surface area contributed by atoms with Crippen LogP contribution in [0.15, 0.2) is 27.4 Å². The number of H-pyrrole nitrogens is 1. The summed E-state index contributed by atoms with van der Waals surface area (Å²) in [6.07, 6.45) is 0. The van der Waals surface area contributed by atoms with Gasteiger partial charge in [-0.1, -0.05) is 13.0 Å². The number of benzene rings is 1. The summed E-state index contributed by atoms with van der Waals surface area (Å²) in [4.78, 5) is 24.9. The molecule has 1 aromatic heterocycles. The van der Waals surface area contributed by atoms with Crippen LogP contribution < -0.4 is 5.76 Å². The Balaban J connectivity index is 2.11. The van der Waals surface area contributed by atoms with E-state index in [0.717, 1.165) is 5.56 Å². The van der Waals surface area contributed by atoms with E-state index in [4.69, 9.17) is 9.15 Å². The van der Waals surface area contributed by atoms with Crippen LogP contribution in [0.25, 0.3) is 11.1 Å². The summed E-state index contributed by atoms with van der Waals surface area (Å²) < 4.78 is 10.2. The van der Waals surface area contributed by atoms with Gasteiger partial charge >= 0.3 is 11.7 Å². The second-order valence-corrected chi connectivity index (χ2v) is 4.93. The van der Waals surface area contributed by atoms with Crippen LogP contribution in [0.4, 0.5) is 0 Å². The second kappa shape index (κ2) is 3.96. The maximum atomic E-state index is 11.2. The Bertz CT molecular complexity index is 694. The molecule has 0 bridgehead atoms. The van der Waals surface area contributed by atoms with Crippen molar-refractivity contribution in [1.29, 1.82) is 0 Å². The number of hydrogen-bond acceptors (Lipinski definition) is 4. The van der Waals surface area contributed by atoms with Gasteiger partial charge in [0.15, 0.2) is 5.58 Å². The van der Waals surface area contributed by atoms with Crippen molar-refractivity contribution in [3.63, 3.8) is 0 Å². The molecule has 0 aliphatic carbocycles. The van der Waals surface area contributed by atoms with Crippen LogP contribution in [-0.4, -0.2) is 29.3 Å². The van der Waals surface area contributed by atoms with Crippen LogP contribution in [0, 0.1) is 5.92 Å². The summed E-state index contributed by atoms with van der Waals surface area (Å²) in [5, 5.41) is 9.23. The third kappa shape index (κ3) is 1.67. The highest BCUT2D eigenvalue weighted by Crippen LogP contribution is 2.40. The summed E-state index contributed by atoms with van der Waals surface area (Å²) in [5.74, 6) is -1.94. The molecule has 0 amide bonds. The number of ether oxygens (including phenoxy) is 1. The Hall–Kier alpha value is -2.08. The number of hydrogen-bond donors (Lipinski definition) is 2. The predicted molar refractivity (Wildman–Crippen MR) is 66.1 cm³/mol. The molecular formula is C13H13NO5. The van der Waals surface area contributed by atoms with E-state index in [2.05, 4.69) is 4.98 Å². The van der Waals surface area contributed by atoms with E-state index in [1.165, 1.54) is 0 Å². The largest absolute Gasteiger partial charge is 0.481 e. The van der Waals surface area contributed by atoms with Gasteiger partial charge in [0.1, 0.15) is 0 Å². The maximum Gasteiger partial charge on any atom is 0.417 e. The lowest BCUT2D eigenvalue weighted by Gasteiger charge is -2.44. The molecule has 19 heavy (non-hydrogen) atoms. The van der Waals surface area contributed by atoms with Gasteiger partial charge in [0.25, 0.3) is 0 Å². The molecule has 0 spiro atoms. The van der Waals surface area contributed by atoms with Crippen molar-refractivity contribution in [1.82, 2.24) is 4.98 Å². The highest BCUT2D eigenvalue weighted by Gasteiger charge is 2.48. The quantitative estimate of drug-likeness (QED) is 0.865. The molecule has 3 rings (SSSR count). The third-order valence-corrected chi connectivity index (χ3v) is 3.91. The normalized spacial score (nSPS) is 19.0. The van der Waals surface area contributed by atoms with Gasteiger partial charge in [0, 0.05) is 0 Å². The fourth-order valence-corrected chi connectivity index (χ4v) is 2.48. The van der Waals surface area contributed by atoms with Gasteiger partial charge in [0.05, 0.1) is 30.1 Å². The van der Waals surface area contributed by atoms with Crippen molar-refractivity contribution in [2.24, 2.45) is 5.92 Å². The van der Waals surface area contributed by atoms with Crippen molar-refractivity contribution in [3.8, 4) is 0 Å². The average molecular weight is 263 g/mol. The zero-order valence-corrected chi connectivity index (χ0v) is 10.3. The number of fused-ring (bicyclic) bond motifs is 1. The standard InChI is InChI=1S/C13H13NO5/c1-7(11(15)16)13(5-18-6-13)8-2-3-9-10(4-8)19-12(17)14-9/h2-4,7H,5-6H2,1H3,(H,14,17)(H,15,16). The van der Waals surface area contributed by atoms with E-state index >= 15 is 0 Å². The number of aromatic amines is 1. The predicted octanol–water partition coefficient (Wildman–Crippen LogP) is 1.11. The molecule has 1 atom stereocenters. The number of carboxylic acids is 1. The maximum absolute atomic E-state index is 11.2. The van der Waals surface area contributed by atoms with Crippen molar-refractivity contribution in [2.45, 2.75) is 12.3 Å². The van der Waals surface area contributed by atoms with Crippen LogP contribution in [0.1, 0.15) is 12.5 Å². The minimum absolute atomic E-state index is 0.362. The number of oxazole rings is 1. The molecule has 2 heterocycles. The van der Waals surface area contributed by atoms with Crippen molar-refractivity contribution in [3.05, 3.63) is 34.3 Å². The van der Waals surface area contributed by atoms with Crippen molar-refractivity contribution < 1.29 is 19.1 Å². The molecule has 0 radical (unpaired) electrons. The van der Waals surface area contributed by atoms with E-state index in [0.29, 0.717) is 24.3 Å². The summed E-state index contributed by atoms with van der Waals surface area (Å²) in [6.45, 7) is 2.39. The van der Waals surface area contributed by atoms with Gasteiger partial charge in [-0.25, -0.2) is 4.79 Å². The molecule has 1 aromatic carbocycles. The van der Waals surface area contributed by atoms with Gasteiger partial charge in [-0.15, -0.1) is 0 Å². The lowest BCUT2D eigenvalue weighted by molar-refractivity contribution is -0.155. The fraction of sp³-hybridized carbons (Fsp3) is 0.385. The topological polar surface area (TPSA) is 92.5 Å².